The third kappa shape index (κ3) is 9.36. The fourth-order valence-corrected chi connectivity index (χ4v) is 2.76. The van der Waals surface area contributed by atoms with Gasteiger partial charge in [-0.2, -0.15) is 0 Å². The minimum Gasteiger partial charge on any atom is -0.326 e. The number of unbranched alkanes of at least 4 members (excludes halogenated alkanes) is 5. The Balaban J connectivity index is 2.31. The lowest BCUT2D eigenvalue weighted by molar-refractivity contribution is -0.251. The van der Waals surface area contributed by atoms with E-state index in [0.717, 1.165) is 24.1 Å². The average Bonchev–Trinajstić information content (AvgIpc) is 2.50. The van der Waals surface area contributed by atoms with Crippen molar-refractivity contribution < 1.29 is 14.9 Å². The van der Waals surface area contributed by atoms with Crippen LogP contribution in [-0.2, 0) is 9.68 Å². The van der Waals surface area contributed by atoms with E-state index in [9.17, 15) is 4.79 Å². The second-order valence-electron chi connectivity index (χ2n) is 6.34. The molecule has 1 unspecified atom stereocenters. The Morgan fingerprint density at radius 3 is 2.65 bits per heavy atom. The van der Waals surface area contributed by atoms with Crippen LogP contribution in [0.4, 0.5) is 5.69 Å². The molecule has 0 radical (unpaired) electrons. The first-order valence-corrected chi connectivity index (χ1v) is 8.78. The number of hydrogen-bond acceptors (Lipinski definition) is 3. The van der Waals surface area contributed by atoms with Gasteiger partial charge in [0.25, 0.3) is 0 Å². The predicted molar refractivity (Wildman–Crippen MR) is 94.5 cm³/mol. The zero-order valence-corrected chi connectivity index (χ0v) is 14.5. The maximum atomic E-state index is 12.1. The molecule has 130 valence electrons. The lowest BCUT2D eigenvalue weighted by Crippen LogP contribution is -2.19. The first-order chi connectivity index (χ1) is 11.2. The van der Waals surface area contributed by atoms with Crippen LogP contribution in [-0.4, -0.2) is 17.8 Å². The molecule has 0 aliphatic heterocycles. The topological polar surface area (TPSA) is 58.6 Å². The quantitative estimate of drug-likeness (QED) is 0.317. The van der Waals surface area contributed by atoms with Crippen LogP contribution >= 0.6 is 0 Å². The normalized spacial score (nSPS) is 12.1. The summed E-state index contributed by atoms with van der Waals surface area (Å²) in [5, 5.41) is 11.6. The van der Waals surface area contributed by atoms with Gasteiger partial charge in [0.1, 0.15) is 0 Å². The number of carbonyl (C=O) groups excluding carboxylic acids is 1. The largest absolute Gasteiger partial charge is 0.326 e. The fourth-order valence-electron chi connectivity index (χ4n) is 2.76. The fraction of sp³-hybridized carbons (Fsp3) is 0.632. The van der Waals surface area contributed by atoms with Crippen molar-refractivity contribution in [2.45, 2.75) is 65.2 Å². The number of amides is 1. The van der Waals surface area contributed by atoms with Crippen LogP contribution in [0.3, 0.4) is 0 Å². The van der Waals surface area contributed by atoms with E-state index >= 15 is 0 Å². The van der Waals surface area contributed by atoms with Crippen molar-refractivity contribution in [1.29, 1.82) is 0 Å². The zero-order chi connectivity index (χ0) is 16.9. The molecule has 0 spiro atoms. The van der Waals surface area contributed by atoms with Crippen molar-refractivity contribution in [3.63, 3.8) is 0 Å². The van der Waals surface area contributed by atoms with Gasteiger partial charge in [-0.15, -0.1) is 0 Å². The first kappa shape index (κ1) is 19.7. The lowest BCUT2D eigenvalue weighted by Gasteiger charge is -2.15. The Labute approximate surface area is 140 Å². The molecule has 1 amide bonds. The summed E-state index contributed by atoms with van der Waals surface area (Å²) in [4.78, 5) is 16.4. The molecular formula is C19H31NO3. The molecule has 0 saturated carbocycles. The molecule has 0 aliphatic carbocycles. The summed E-state index contributed by atoms with van der Waals surface area (Å²) in [7, 11) is 0. The molecule has 0 aromatic heterocycles. The molecule has 2 N–H and O–H groups in total. The number of aryl methyl sites for hydroxylation is 1. The molecule has 0 saturated heterocycles. The molecule has 0 bridgehead atoms. The summed E-state index contributed by atoms with van der Waals surface area (Å²) in [5.41, 5.74) is 1.93. The molecule has 4 nitrogen and oxygen atoms in total. The van der Waals surface area contributed by atoms with Gasteiger partial charge in [-0.25, -0.2) is 4.89 Å². The molecule has 4 heteroatoms. The van der Waals surface area contributed by atoms with E-state index in [1.807, 2.05) is 31.2 Å². The van der Waals surface area contributed by atoms with Crippen molar-refractivity contribution >= 4 is 11.6 Å². The second-order valence-corrected chi connectivity index (χ2v) is 6.34. The van der Waals surface area contributed by atoms with Gasteiger partial charge < -0.3 is 5.32 Å². The SMILES string of the molecule is CCCCCCCCC(COO)CC(=O)Nc1cccc(C)c1. The average molecular weight is 321 g/mol. The van der Waals surface area contributed by atoms with Gasteiger partial charge in [0.15, 0.2) is 0 Å². The Morgan fingerprint density at radius 1 is 1.22 bits per heavy atom. The maximum Gasteiger partial charge on any atom is 0.224 e. The van der Waals surface area contributed by atoms with Gasteiger partial charge in [0, 0.05) is 12.1 Å². The van der Waals surface area contributed by atoms with E-state index < -0.39 is 0 Å². The maximum absolute atomic E-state index is 12.1. The number of carbonyl (C=O) groups is 1. The van der Waals surface area contributed by atoms with E-state index in [0.29, 0.717) is 6.42 Å². The van der Waals surface area contributed by atoms with Crippen LogP contribution in [0.5, 0.6) is 0 Å². The number of rotatable bonds is 12. The number of anilines is 1. The molecule has 1 aromatic carbocycles. The molecule has 23 heavy (non-hydrogen) atoms. The van der Waals surface area contributed by atoms with Crippen molar-refractivity contribution in [3.05, 3.63) is 29.8 Å². The van der Waals surface area contributed by atoms with Crippen molar-refractivity contribution in [1.82, 2.24) is 0 Å². The minimum absolute atomic E-state index is 0.0244. The molecule has 0 aliphatic rings. The number of nitrogens with one attached hydrogen (secondary N) is 1. The van der Waals surface area contributed by atoms with Gasteiger partial charge in [-0.3, -0.25) is 10.1 Å². The van der Waals surface area contributed by atoms with Crippen LogP contribution in [0.25, 0.3) is 0 Å². The number of hydrogen-bond donors (Lipinski definition) is 2. The Bertz CT molecular complexity index is 448. The summed E-state index contributed by atoms with van der Waals surface area (Å²) in [6, 6.07) is 7.76. The second kappa shape index (κ2) is 12.1. The highest BCUT2D eigenvalue weighted by molar-refractivity contribution is 5.90. The Kier molecular flexibility index (Phi) is 10.3. The first-order valence-electron chi connectivity index (χ1n) is 8.78. The number of benzene rings is 1. The molecule has 0 fully saturated rings. The van der Waals surface area contributed by atoms with Crippen LogP contribution < -0.4 is 5.32 Å². The molecular weight excluding hydrogens is 290 g/mol. The summed E-state index contributed by atoms with van der Waals surface area (Å²) in [6.45, 7) is 4.42. The zero-order valence-electron chi connectivity index (χ0n) is 14.5. The van der Waals surface area contributed by atoms with Crippen LogP contribution in [0.1, 0.15) is 63.9 Å². The molecule has 1 atom stereocenters. The van der Waals surface area contributed by atoms with Crippen molar-refractivity contribution in [3.8, 4) is 0 Å². The van der Waals surface area contributed by atoms with Gasteiger partial charge in [0.05, 0.1) is 6.61 Å². The highest BCUT2D eigenvalue weighted by Crippen LogP contribution is 2.17. The van der Waals surface area contributed by atoms with Crippen molar-refractivity contribution in [2.75, 3.05) is 11.9 Å². The van der Waals surface area contributed by atoms with Crippen LogP contribution in [0.15, 0.2) is 24.3 Å². The summed E-state index contributed by atoms with van der Waals surface area (Å²) >= 11 is 0. The minimum atomic E-state index is -0.0244. The van der Waals surface area contributed by atoms with E-state index in [1.165, 1.54) is 32.1 Å². The van der Waals surface area contributed by atoms with Gasteiger partial charge >= 0.3 is 0 Å². The predicted octanol–water partition coefficient (Wildman–Crippen LogP) is 5.18. The Hall–Kier alpha value is -1.39. The smallest absolute Gasteiger partial charge is 0.224 e. The van der Waals surface area contributed by atoms with E-state index in [-0.39, 0.29) is 18.4 Å². The van der Waals surface area contributed by atoms with Crippen LogP contribution in [0.2, 0.25) is 0 Å². The monoisotopic (exact) mass is 321 g/mol. The van der Waals surface area contributed by atoms with Gasteiger partial charge in [-0.1, -0.05) is 57.6 Å². The lowest BCUT2D eigenvalue weighted by atomic mass is 9.97. The van der Waals surface area contributed by atoms with E-state index in [4.69, 9.17) is 5.26 Å². The van der Waals surface area contributed by atoms with E-state index in [2.05, 4.69) is 17.1 Å². The highest BCUT2D eigenvalue weighted by atomic mass is 17.1. The van der Waals surface area contributed by atoms with E-state index in [1.54, 1.807) is 0 Å². The highest BCUT2D eigenvalue weighted by Gasteiger charge is 2.14. The third-order valence-electron chi connectivity index (χ3n) is 4.05. The summed E-state index contributed by atoms with van der Waals surface area (Å²) < 4.78 is 0. The van der Waals surface area contributed by atoms with Crippen LogP contribution in [0, 0.1) is 12.8 Å². The third-order valence-corrected chi connectivity index (χ3v) is 4.05. The summed E-state index contributed by atoms with van der Waals surface area (Å²) in [6.07, 6.45) is 8.62. The Morgan fingerprint density at radius 2 is 1.96 bits per heavy atom. The van der Waals surface area contributed by atoms with Gasteiger partial charge in [-0.05, 0) is 37.0 Å². The standard InChI is InChI=1S/C19H31NO3/c1-3-4-5-6-7-8-11-17(15-23-22)14-19(21)20-18-12-9-10-16(2)13-18/h9-10,12-13,17,22H,3-8,11,14-15H2,1-2H3,(H,20,21). The molecule has 1 aromatic rings. The van der Waals surface area contributed by atoms with Crippen molar-refractivity contribution in [2.24, 2.45) is 5.92 Å². The molecule has 0 heterocycles. The summed E-state index contributed by atoms with van der Waals surface area (Å²) in [5.74, 6) is 0.0413. The molecule has 1 rings (SSSR count). The van der Waals surface area contributed by atoms with Gasteiger partial charge in [0.2, 0.25) is 5.91 Å².